The standard InChI is InChI=1S/C11H17N3O2/c1-2-11(3-5-12-6-4-11)10(15)14-9-7-13-16-8-9/h7-8,12H,2-6H2,1H3,(H,14,15). The van der Waals surface area contributed by atoms with Crippen molar-refractivity contribution in [3.8, 4) is 0 Å². The number of anilines is 1. The van der Waals surface area contributed by atoms with Crippen molar-refractivity contribution in [3.63, 3.8) is 0 Å². The van der Waals surface area contributed by atoms with E-state index in [4.69, 9.17) is 4.52 Å². The Bertz CT molecular complexity index is 342. The van der Waals surface area contributed by atoms with Crippen LogP contribution in [0.4, 0.5) is 5.69 Å². The lowest BCUT2D eigenvalue weighted by Crippen LogP contribution is -2.44. The minimum absolute atomic E-state index is 0.0831. The molecule has 1 fully saturated rings. The first-order valence-electron chi connectivity index (χ1n) is 5.68. The van der Waals surface area contributed by atoms with Crippen LogP contribution in [0.15, 0.2) is 17.0 Å². The van der Waals surface area contributed by atoms with Crippen LogP contribution in [0.1, 0.15) is 26.2 Å². The van der Waals surface area contributed by atoms with Gasteiger partial charge in [0.2, 0.25) is 5.91 Å². The fraction of sp³-hybridized carbons (Fsp3) is 0.636. The van der Waals surface area contributed by atoms with Crippen molar-refractivity contribution in [3.05, 3.63) is 12.5 Å². The van der Waals surface area contributed by atoms with Gasteiger partial charge in [0.05, 0.1) is 11.6 Å². The Hall–Kier alpha value is -1.36. The van der Waals surface area contributed by atoms with E-state index in [1.807, 2.05) is 0 Å². The summed E-state index contributed by atoms with van der Waals surface area (Å²) < 4.78 is 4.69. The molecule has 2 N–H and O–H groups in total. The van der Waals surface area contributed by atoms with E-state index in [0.29, 0.717) is 5.69 Å². The smallest absolute Gasteiger partial charge is 0.230 e. The van der Waals surface area contributed by atoms with Gasteiger partial charge in [-0.15, -0.1) is 0 Å². The highest BCUT2D eigenvalue weighted by molar-refractivity contribution is 5.95. The summed E-state index contributed by atoms with van der Waals surface area (Å²) in [5, 5.41) is 9.70. The Morgan fingerprint density at radius 3 is 2.94 bits per heavy atom. The number of amides is 1. The third kappa shape index (κ3) is 2.09. The molecule has 0 unspecified atom stereocenters. The molecule has 0 bridgehead atoms. The summed E-state index contributed by atoms with van der Waals surface area (Å²) in [4.78, 5) is 12.2. The van der Waals surface area contributed by atoms with Crippen molar-refractivity contribution in [2.24, 2.45) is 5.41 Å². The lowest BCUT2D eigenvalue weighted by atomic mass is 9.76. The second kappa shape index (κ2) is 4.65. The van der Waals surface area contributed by atoms with Gasteiger partial charge in [-0.2, -0.15) is 0 Å². The number of carbonyl (C=O) groups excluding carboxylic acids is 1. The number of piperidine rings is 1. The van der Waals surface area contributed by atoms with Crippen molar-refractivity contribution >= 4 is 11.6 Å². The summed E-state index contributed by atoms with van der Waals surface area (Å²) in [6, 6.07) is 0. The molecule has 1 amide bonds. The fourth-order valence-corrected chi connectivity index (χ4v) is 2.18. The summed E-state index contributed by atoms with van der Waals surface area (Å²) in [5.41, 5.74) is 0.402. The van der Waals surface area contributed by atoms with Crippen LogP contribution in [0, 0.1) is 5.41 Å². The van der Waals surface area contributed by atoms with E-state index in [1.165, 1.54) is 12.5 Å². The zero-order chi connectivity index (χ0) is 11.4. The topological polar surface area (TPSA) is 67.2 Å². The van der Waals surface area contributed by atoms with Crippen LogP contribution in [0.5, 0.6) is 0 Å². The minimum Gasteiger partial charge on any atom is -0.363 e. The Morgan fingerprint density at radius 1 is 1.62 bits per heavy atom. The van der Waals surface area contributed by atoms with Crippen LogP contribution in [0.25, 0.3) is 0 Å². The molecule has 2 heterocycles. The number of carbonyl (C=O) groups is 1. The highest BCUT2D eigenvalue weighted by Gasteiger charge is 2.37. The second-order valence-electron chi connectivity index (χ2n) is 4.25. The van der Waals surface area contributed by atoms with Gasteiger partial charge < -0.3 is 15.2 Å². The predicted molar refractivity (Wildman–Crippen MR) is 60.0 cm³/mol. The number of hydrogen-bond donors (Lipinski definition) is 2. The van der Waals surface area contributed by atoms with Crippen molar-refractivity contribution in [2.75, 3.05) is 18.4 Å². The zero-order valence-electron chi connectivity index (χ0n) is 9.45. The maximum atomic E-state index is 12.2. The number of nitrogens with one attached hydrogen (secondary N) is 2. The van der Waals surface area contributed by atoms with Gasteiger partial charge in [0.15, 0.2) is 0 Å². The maximum Gasteiger partial charge on any atom is 0.230 e. The van der Waals surface area contributed by atoms with Crippen molar-refractivity contribution in [1.82, 2.24) is 10.5 Å². The number of nitrogens with zero attached hydrogens (tertiary/aromatic N) is 1. The first-order valence-corrected chi connectivity index (χ1v) is 5.68. The monoisotopic (exact) mass is 223 g/mol. The van der Waals surface area contributed by atoms with Gasteiger partial charge in [0.25, 0.3) is 0 Å². The molecule has 2 rings (SSSR count). The van der Waals surface area contributed by atoms with E-state index in [-0.39, 0.29) is 11.3 Å². The minimum atomic E-state index is -0.234. The van der Waals surface area contributed by atoms with E-state index in [0.717, 1.165) is 32.4 Å². The van der Waals surface area contributed by atoms with Gasteiger partial charge in [-0.05, 0) is 32.4 Å². The molecule has 0 atom stereocenters. The lowest BCUT2D eigenvalue weighted by molar-refractivity contribution is -0.127. The molecular formula is C11H17N3O2. The molecule has 0 radical (unpaired) electrons. The summed E-state index contributed by atoms with van der Waals surface area (Å²) in [7, 11) is 0. The summed E-state index contributed by atoms with van der Waals surface area (Å²) >= 11 is 0. The first-order chi connectivity index (χ1) is 7.77. The number of rotatable bonds is 3. The molecule has 1 aromatic heterocycles. The molecule has 1 aromatic rings. The Morgan fingerprint density at radius 2 is 2.38 bits per heavy atom. The highest BCUT2D eigenvalue weighted by atomic mass is 16.5. The van der Waals surface area contributed by atoms with E-state index in [2.05, 4.69) is 22.7 Å². The molecule has 1 aliphatic heterocycles. The van der Waals surface area contributed by atoms with Gasteiger partial charge in [0.1, 0.15) is 12.0 Å². The fourth-order valence-electron chi connectivity index (χ4n) is 2.18. The molecule has 0 spiro atoms. The Labute approximate surface area is 94.6 Å². The van der Waals surface area contributed by atoms with Crippen LogP contribution >= 0.6 is 0 Å². The molecule has 16 heavy (non-hydrogen) atoms. The van der Waals surface area contributed by atoms with Gasteiger partial charge in [-0.3, -0.25) is 4.79 Å². The molecule has 1 saturated heterocycles. The molecule has 88 valence electrons. The number of aromatic nitrogens is 1. The van der Waals surface area contributed by atoms with E-state index in [1.54, 1.807) is 0 Å². The quantitative estimate of drug-likeness (QED) is 0.812. The van der Waals surface area contributed by atoms with Crippen molar-refractivity contribution in [1.29, 1.82) is 0 Å². The molecule has 5 nitrogen and oxygen atoms in total. The van der Waals surface area contributed by atoms with Gasteiger partial charge in [-0.1, -0.05) is 12.1 Å². The Kier molecular flexibility index (Phi) is 3.24. The summed E-state index contributed by atoms with van der Waals surface area (Å²) in [5.74, 6) is 0.0831. The molecular weight excluding hydrogens is 206 g/mol. The molecule has 0 aliphatic carbocycles. The van der Waals surface area contributed by atoms with E-state index in [9.17, 15) is 4.79 Å². The third-order valence-corrected chi connectivity index (χ3v) is 3.41. The highest BCUT2D eigenvalue weighted by Crippen LogP contribution is 2.33. The van der Waals surface area contributed by atoms with Crippen LogP contribution in [-0.2, 0) is 4.79 Å². The summed E-state index contributed by atoms with van der Waals surface area (Å²) in [6.07, 6.45) is 5.61. The van der Waals surface area contributed by atoms with Crippen LogP contribution in [0.2, 0.25) is 0 Å². The zero-order valence-corrected chi connectivity index (χ0v) is 9.45. The van der Waals surface area contributed by atoms with Crippen LogP contribution in [0.3, 0.4) is 0 Å². The average molecular weight is 223 g/mol. The molecule has 5 heteroatoms. The van der Waals surface area contributed by atoms with Crippen LogP contribution in [-0.4, -0.2) is 24.2 Å². The normalized spacial score (nSPS) is 19.3. The van der Waals surface area contributed by atoms with E-state index < -0.39 is 0 Å². The van der Waals surface area contributed by atoms with Gasteiger partial charge in [0, 0.05) is 0 Å². The third-order valence-electron chi connectivity index (χ3n) is 3.41. The van der Waals surface area contributed by atoms with Gasteiger partial charge >= 0.3 is 0 Å². The SMILES string of the molecule is CCC1(C(=O)Nc2cnoc2)CCNCC1. The maximum absolute atomic E-state index is 12.2. The second-order valence-corrected chi connectivity index (χ2v) is 4.25. The largest absolute Gasteiger partial charge is 0.363 e. The average Bonchev–Trinajstić information content (AvgIpc) is 2.82. The van der Waals surface area contributed by atoms with Crippen molar-refractivity contribution < 1.29 is 9.32 Å². The van der Waals surface area contributed by atoms with Crippen LogP contribution < -0.4 is 10.6 Å². The Balaban J connectivity index is 2.06. The molecule has 1 aliphatic rings. The first kappa shape index (κ1) is 11.1. The molecule has 0 saturated carbocycles. The van der Waals surface area contributed by atoms with Gasteiger partial charge in [-0.25, -0.2) is 0 Å². The lowest BCUT2D eigenvalue weighted by Gasteiger charge is -2.35. The molecule has 0 aromatic carbocycles. The predicted octanol–water partition coefficient (Wildman–Crippen LogP) is 1.39. The van der Waals surface area contributed by atoms with Crippen molar-refractivity contribution in [2.45, 2.75) is 26.2 Å². The summed E-state index contributed by atoms with van der Waals surface area (Å²) in [6.45, 7) is 3.88. The number of hydrogen-bond acceptors (Lipinski definition) is 4. The van der Waals surface area contributed by atoms with E-state index >= 15 is 0 Å².